The summed E-state index contributed by atoms with van der Waals surface area (Å²) in [5, 5.41) is 12.2. The number of fused-ring (bicyclic) bond motifs is 4. The van der Waals surface area contributed by atoms with E-state index in [9.17, 15) is 5.11 Å². The lowest BCUT2D eigenvalue weighted by atomic mass is 9.71. The van der Waals surface area contributed by atoms with Crippen molar-refractivity contribution < 1.29 is 19.1 Å². The monoisotopic (exact) mass is 889 g/mol. The molecular weight excluding hydrogens is 836 g/mol. The number of phenols is 1. The minimum absolute atomic E-state index is 0.0590. The van der Waals surface area contributed by atoms with E-state index in [0.717, 1.165) is 92.6 Å². The molecule has 0 aliphatic carbocycles. The number of hydrogen-bond donors (Lipinski definition) is 1. The molecule has 3 aliphatic heterocycles. The summed E-state index contributed by atoms with van der Waals surface area (Å²) in [6, 6.07) is 53.2. The maximum Gasteiger partial charge on any atom is 0.227 e. The minimum atomic E-state index is -0.548. The van der Waals surface area contributed by atoms with E-state index < -0.39 is 11.7 Å². The van der Waals surface area contributed by atoms with Gasteiger partial charge in [-0.3, -0.25) is 4.98 Å². The lowest BCUT2D eigenvalue weighted by Gasteiger charge is -2.58. The zero-order valence-corrected chi connectivity index (χ0v) is 38.4. The largest absolute Gasteiger partial charge is 0.508 e. The van der Waals surface area contributed by atoms with E-state index in [4.69, 9.17) is 36.0 Å². The number of pyridine rings is 1. The number of nitrogens with zero attached hydrogens (tertiary/aromatic N) is 4. The van der Waals surface area contributed by atoms with E-state index in [1.54, 1.807) is 6.07 Å². The Balaban J connectivity index is 1.19. The van der Waals surface area contributed by atoms with Crippen LogP contribution in [-0.4, -0.2) is 49.3 Å². The lowest BCUT2D eigenvalue weighted by molar-refractivity contribution is -0.984. The predicted octanol–water partition coefficient (Wildman–Crippen LogP) is 14.0. The Bertz CT molecular complexity index is 2960. The first-order valence-electron chi connectivity index (χ1n) is 22.9. The molecular formula is C58H54ClN4O3+. The van der Waals surface area contributed by atoms with Gasteiger partial charge in [-0.1, -0.05) is 139 Å². The Hall–Kier alpha value is -6.80. The first kappa shape index (κ1) is 43.1. The van der Waals surface area contributed by atoms with Crippen LogP contribution in [0.3, 0.4) is 0 Å². The number of ether oxygens (including phenoxy) is 2. The third-order valence-corrected chi connectivity index (χ3v) is 13.8. The van der Waals surface area contributed by atoms with E-state index in [1.165, 1.54) is 5.56 Å². The van der Waals surface area contributed by atoms with E-state index in [-0.39, 0.29) is 11.8 Å². The van der Waals surface area contributed by atoms with Crippen LogP contribution >= 0.6 is 11.6 Å². The van der Waals surface area contributed by atoms with Gasteiger partial charge in [0.05, 0.1) is 24.2 Å². The topological polar surface area (TPSA) is 77.4 Å². The normalized spacial score (nSPS) is 19.6. The van der Waals surface area contributed by atoms with Gasteiger partial charge >= 0.3 is 0 Å². The van der Waals surface area contributed by atoms with Gasteiger partial charge in [-0.25, -0.2) is 4.98 Å². The smallest absolute Gasteiger partial charge is 0.227 e. The van der Waals surface area contributed by atoms with Crippen LogP contribution in [0.15, 0.2) is 177 Å². The molecule has 8 aromatic rings. The second kappa shape index (κ2) is 17.9. The fourth-order valence-corrected chi connectivity index (χ4v) is 10.8. The first-order valence-corrected chi connectivity index (χ1v) is 23.3. The Morgan fingerprint density at radius 2 is 1.38 bits per heavy atom. The average molecular weight is 891 g/mol. The summed E-state index contributed by atoms with van der Waals surface area (Å²) in [4.78, 5) is 14.9. The SMILES string of the molecule is C=C[C@H]1C[N+]2(Cc3cc(-c4ccccc4)c(OC(C)(C)C)c(-c4ccccc4)c3)CC[C@H]1C[C@@H]2[C@@H](Oc1nc(-c2ccccc2)nc(Cl)c1-c1ccccc1)c1ccnc2ccc(O)cc12. The van der Waals surface area contributed by atoms with Crippen molar-refractivity contribution in [3.63, 3.8) is 0 Å². The van der Waals surface area contributed by atoms with Gasteiger partial charge in [0, 0.05) is 58.2 Å². The number of piperidine rings is 3. The van der Waals surface area contributed by atoms with Gasteiger partial charge in [0.2, 0.25) is 5.88 Å². The van der Waals surface area contributed by atoms with Crippen LogP contribution in [-0.2, 0) is 6.54 Å². The molecule has 5 atom stereocenters. The van der Waals surface area contributed by atoms with E-state index in [1.807, 2.05) is 79.0 Å². The summed E-state index contributed by atoms with van der Waals surface area (Å²) in [5.74, 6) is 2.64. The van der Waals surface area contributed by atoms with Gasteiger partial charge in [0.25, 0.3) is 0 Å². The number of phenolic OH excluding ortho intramolecular Hbond substituents is 1. The molecule has 7 nitrogen and oxygen atoms in total. The number of rotatable bonds is 12. The number of benzene rings is 6. The summed E-state index contributed by atoms with van der Waals surface area (Å²) in [6.07, 6.45) is 5.43. The van der Waals surface area contributed by atoms with Crippen LogP contribution < -0.4 is 9.47 Å². The molecule has 3 fully saturated rings. The van der Waals surface area contributed by atoms with Gasteiger partial charge in [0.15, 0.2) is 11.9 Å². The zero-order chi connectivity index (χ0) is 45.4. The van der Waals surface area contributed by atoms with Crippen molar-refractivity contribution >= 4 is 22.5 Å². The van der Waals surface area contributed by atoms with Gasteiger partial charge in [-0.2, -0.15) is 4.98 Å². The molecule has 330 valence electrons. The molecule has 2 bridgehead atoms. The Morgan fingerprint density at radius 3 is 1.98 bits per heavy atom. The highest BCUT2D eigenvalue weighted by Gasteiger charge is 2.55. The molecule has 0 radical (unpaired) electrons. The molecule has 2 aromatic heterocycles. The molecule has 6 aromatic carbocycles. The molecule has 0 spiro atoms. The quantitative estimate of drug-likeness (QED) is 0.0748. The molecule has 5 heterocycles. The third kappa shape index (κ3) is 8.57. The second-order valence-electron chi connectivity index (χ2n) is 18.9. The first-order chi connectivity index (χ1) is 32.1. The Kier molecular flexibility index (Phi) is 11.7. The summed E-state index contributed by atoms with van der Waals surface area (Å²) in [6.45, 7) is 13.3. The van der Waals surface area contributed by atoms with Gasteiger partial charge in [0.1, 0.15) is 34.8 Å². The molecule has 0 saturated carbocycles. The molecule has 3 saturated heterocycles. The molecule has 1 N–H and O–H groups in total. The molecule has 3 aliphatic rings. The van der Waals surface area contributed by atoms with Crippen molar-refractivity contribution in [1.29, 1.82) is 0 Å². The van der Waals surface area contributed by atoms with Crippen molar-refractivity contribution in [2.75, 3.05) is 13.1 Å². The number of aromatic nitrogens is 3. The lowest BCUT2D eigenvalue weighted by Crippen LogP contribution is -2.68. The maximum atomic E-state index is 11.0. The van der Waals surface area contributed by atoms with Gasteiger partial charge in [-0.05, 0) is 79.8 Å². The Labute approximate surface area is 392 Å². The van der Waals surface area contributed by atoms with Crippen molar-refractivity contribution in [1.82, 2.24) is 15.0 Å². The predicted molar refractivity (Wildman–Crippen MR) is 266 cm³/mol. The number of hydrogen-bond acceptors (Lipinski definition) is 6. The van der Waals surface area contributed by atoms with E-state index in [0.29, 0.717) is 34.3 Å². The zero-order valence-electron chi connectivity index (χ0n) is 37.6. The highest BCUT2D eigenvalue weighted by Crippen LogP contribution is 2.51. The molecule has 11 rings (SSSR count). The Morgan fingerprint density at radius 1 is 0.773 bits per heavy atom. The highest BCUT2D eigenvalue weighted by molar-refractivity contribution is 6.32. The summed E-state index contributed by atoms with van der Waals surface area (Å²) < 4.78 is 15.4. The minimum Gasteiger partial charge on any atom is -0.508 e. The van der Waals surface area contributed by atoms with E-state index >= 15 is 0 Å². The maximum absolute atomic E-state index is 11.0. The van der Waals surface area contributed by atoms with Crippen molar-refractivity contribution in [2.24, 2.45) is 11.8 Å². The standard InChI is InChI=1S/C58H53ClN4O3/c1-5-39-37-63(36-38-32-47(40-18-10-6-11-19-40)53(66-58(2,3)4)48(33-38)41-20-12-7-13-21-41)31-29-44(39)34-51(63)54(46-28-30-60-50-27-26-45(64)35-49(46)50)65-57-52(42-22-14-8-15-23-42)55(59)61-56(62-57)43-24-16-9-17-25-43/h5-28,30,32-33,35,39,44,51,54H,1,29,31,34,36-37H2,2-4H3/p+1/t39-,44-,51+,54-,63?/m0/s1. The molecule has 0 amide bonds. The van der Waals surface area contributed by atoms with Crippen molar-refractivity contribution in [2.45, 2.75) is 57.9 Å². The summed E-state index contributed by atoms with van der Waals surface area (Å²) in [7, 11) is 0. The van der Waals surface area contributed by atoms with Crippen LogP contribution in [0.5, 0.6) is 17.4 Å². The van der Waals surface area contributed by atoms with Gasteiger partial charge < -0.3 is 19.1 Å². The second-order valence-corrected chi connectivity index (χ2v) is 19.2. The van der Waals surface area contributed by atoms with Crippen LogP contribution in [0.2, 0.25) is 5.15 Å². The van der Waals surface area contributed by atoms with Crippen molar-refractivity contribution in [3.05, 3.63) is 193 Å². The van der Waals surface area contributed by atoms with Crippen molar-refractivity contribution in [3.8, 4) is 62.1 Å². The number of halogens is 1. The van der Waals surface area contributed by atoms with Crippen LogP contribution in [0.1, 0.15) is 50.8 Å². The fourth-order valence-electron chi connectivity index (χ4n) is 10.5. The van der Waals surface area contributed by atoms with Crippen LogP contribution in [0, 0.1) is 11.8 Å². The number of aromatic hydroxyl groups is 1. The summed E-state index contributed by atoms with van der Waals surface area (Å²) in [5.41, 5.74) is 9.10. The average Bonchev–Trinajstić information content (AvgIpc) is 3.34. The number of quaternary nitrogens is 1. The highest BCUT2D eigenvalue weighted by atomic mass is 35.5. The summed E-state index contributed by atoms with van der Waals surface area (Å²) >= 11 is 7.27. The third-order valence-electron chi connectivity index (χ3n) is 13.5. The van der Waals surface area contributed by atoms with Gasteiger partial charge in [-0.15, -0.1) is 6.58 Å². The molecule has 66 heavy (non-hydrogen) atoms. The van der Waals surface area contributed by atoms with E-state index in [2.05, 4.69) is 112 Å². The van der Waals surface area contributed by atoms with Crippen LogP contribution in [0.25, 0.3) is 55.7 Å². The fraction of sp³-hybridized carbons (Fsp3) is 0.224. The molecule has 1 unspecified atom stereocenters. The molecule has 8 heteroatoms. The van der Waals surface area contributed by atoms with Crippen LogP contribution in [0.4, 0.5) is 0 Å².